The summed E-state index contributed by atoms with van der Waals surface area (Å²) in [5, 5.41) is 3.44. The van der Waals surface area contributed by atoms with E-state index in [1.165, 1.54) is 0 Å². The Balaban J connectivity index is 2.72. The van der Waals surface area contributed by atoms with Crippen LogP contribution < -0.4 is 5.32 Å². The van der Waals surface area contributed by atoms with Crippen LogP contribution in [0, 0.1) is 5.41 Å². The Bertz CT molecular complexity index is 245. The van der Waals surface area contributed by atoms with Crippen molar-refractivity contribution in [3.05, 3.63) is 0 Å². The quantitative estimate of drug-likeness (QED) is 0.798. The molecule has 0 bridgehead atoms. The predicted octanol–water partition coefficient (Wildman–Crippen LogP) is 2.37. The summed E-state index contributed by atoms with van der Waals surface area (Å²) in [7, 11) is 0. The van der Waals surface area contributed by atoms with E-state index in [2.05, 4.69) is 39.9 Å². The number of nitrogens with one attached hydrogen (secondary N) is 1. The van der Waals surface area contributed by atoms with Crippen LogP contribution in [-0.4, -0.2) is 29.6 Å². The average Bonchev–Trinajstić information content (AvgIpc) is 2.44. The van der Waals surface area contributed by atoms with Gasteiger partial charge in [-0.2, -0.15) is 0 Å². The van der Waals surface area contributed by atoms with E-state index >= 15 is 0 Å². The highest BCUT2D eigenvalue weighted by Crippen LogP contribution is 2.23. The molecule has 0 radical (unpaired) electrons. The molecule has 0 aliphatic carbocycles. The van der Waals surface area contributed by atoms with E-state index in [1.54, 1.807) is 0 Å². The Labute approximate surface area is 99.6 Å². The third kappa shape index (κ3) is 3.21. The number of carbonyl (C=O) groups is 1. The lowest BCUT2D eigenvalue weighted by molar-refractivity contribution is -0.131. The topological polar surface area (TPSA) is 32.3 Å². The summed E-state index contributed by atoms with van der Waals surface area (Å²) in [5.74, 6) is 0.288. The predicted molar refractivity (Wildman–Crippen MR) is 67.1 cm³/mol. The molecule has 1 saturated heterocycles. The summed E-state index contributed by atoms with van der Waals surface area (Å²) in [6, 6.07) is 0.0406. The molecule has 0 spiro atoms. The smallest absolute Gasteiger partial charge is 0.241 e. The monoisotopic (exact) mass is 226 g/mol. The summed E-state index contributed by atoms with van der Waals surface area (Å²) in [5.41, 5.74) is 0.173. The van der Waals surface area contributed by atoms with Crippen molar-refractivity contribution in [2.45, 2.75) is 66.1 Å². The van der Waals surface area contributed by atoms with Gasteiger partial charge in [-0.05, 0) is 18.3 Å². The first-order chi connectivity index (χ1) is 7.39. The molecular formula is C13H26N2O. The van der Waals surface area contributed by atoms with E-state index in [9.17, 15) is 4.79 Å². The molecule has 1 amide bonds. The first-order valence-corrected chi connectivity index (χ1v) is 6.45. The molecule has 1 aliphatic heterocycles. The van der Waals surface area contributed by atoms with Crippen molar-refractivity contribution in [2.24, 2.45) is 5.41 Å². The molecule has 3 nitrogen and oxygen atoms in total. The van der Waals surface area contributed by atoms with Crippen molar-refractivity contribution in [3.63, 3.8) is 0 Å². The van der Waals surface area contributed by atoms with Crippen LogP contribution in [0.3, 0.4) is 0 Å². The van der Waals surface area contributed by atoms with Crippen molar-refractivity contribution in [1.29, 1.82) is 0 Å². The van der Waals surface area contributed by atoms with Gasteiger partial charge < -0.3 is 4.90 Å². The second kappa shape index (κ2) is 5.17. The minimum absolute atomic E-state index is 0.0406. The van der Waals surface area contributed by atoms with E-state index < -0.39 is 0 Å². The zero-order chi connectivity index (χ0) is 12.3. The molecule has 1 heterocycles. The molecule has 1 fully saturated rings. The lowest BCUT2D eigenvalue weighted by Crippen LogP contribution is -2.42. The van der Waals surface area contributed by atoms with E-state index in [0.717, 1.165) is 25.8 Å². The SMILES string of the molecule is CCCC1NC(CC)C(=O)N1CC(C)(C)C. The largest absolute Gasteiger partial charge is 0.325 e. The first kappa shape index (κ1) is 13.5. The maximum atomic E-state index is 12.2. The van der Waals surface area contributed by atoms with Crippen LogP contribution in [0.4, 0.5) is 0 Å². The van der Waals surface area contributed by atoms with Gasteiger partial charge in [0, 0.05) is 6.54 Å². The van der Waals surface area contributed by atoms with E-state index in [-0.39, 0.29) is 23.5 Å². The molecule has 16 heavy (non-hydrogen) atoms. The van der Waals surface area contributed by atoms with Crippen LogP contribution in [0.5, 0.6) is 0 Å². The summed E-state index contributed by atoms with van der Waals surface area (Å²) in [4.78, 5) is 14.2. The van der Waals surface area contributed by atoms with Gasteiger partial charge in [0.05, 0.1) is 12.2 Å². The third-order valence-corrected chi connectivity index (χ3v) is 2.97. The average molecular weight is 226 g/mol. The van der Waals surface area contributed by atoms with E-state index in [0.29, 0.717) is 0 Å². The fourth-order valence-electron chi connectivity index (χ4n) is 2.25. The fraction of sp³-hybridized carbons (Fsp3) is 0.923. The molecule has 1 rings (SSSR count). The minimum atomic E-state index is 0.0406. The normalized spacial score (nSPS) is 26.6. The number of hydrogen-bond donors (Lipinski definition) is 1. The van der Waals surface area contributed by atoms with Gasteiger partial charge in [0.25, 0.3) is 0 Å². The Morgan fingerprint density at radius 1 is 1.31 bits per heavy atom. The highest BCUT2D eigenvalue weighted by atomic mass is 16.2. The number of rotatable bonds is 4. The number of carbonyl (C=O) groups excluding carboxylic acids is 1. The lowest BCUT2D eigenvalue weighted by Gasteiger charge is -2.30. The highest BCUT2D eigenvalue weighted by Gasteiger charge is 2.38. The Morgan fingerprint density at radius 2 is 1.94 bits per heavy atom. The van der Waals surface area contributed by atoms with Gasteiger partial charge in [0.2, 0.25) is 5.91 Å². The summed E-state index contributed by atoms with van der Waals surface area (Å²) >= 11 is 0. The molecule has 2 unspecified atom stereocenters. The molecular weight excluding hydrogens is 200 g/mol. The summed E-state index contributed by atoms with van der Waals surface area (Å²) in [6.45, 7) is 11.6. The fourth-order valence-corrected chi connectivity index (χ4v) is 2.25. The van der Waals surface area contributed by atoms with Crippen LogP contribution >= 0.6 is 0 Å². The van der Waals surface area contributed by atoms with E-state index in [1.807, 2.05) is 4.90 Å². The standard InChI is InChI=1S/C13H26N2O/c1-6-8-11-14-10(7-2)12(16)15(11)9-13(3,4)5/h10-11,14H,6-9H2,1-5H3. The molecule has 1 N–H and O–H groups in total. The molecule has 2 atom stereocenters. The van der Waals surface area contributed by atoms with Gasteiger partial charge in [-0.3, -0.25) is 10.1 Å². The minimum Gasteiger partial charge on any atom is -0.325 e. The van der Waals surface area contributed by atoms with Gasteiger partial charge in [-0.1, -0.05) is 41.0 Å². The molecule has 0 saturated carbocycles. The molecule has 0 aromatic carbocycles. The van der Waals surface area contributed by atoms with Crippen LogP contribution in [0.15, 0.2) is 0 Å². The van der Waals surface area contributed by atoms with Gasteiger partial charge in [0.15, 0.2) is 0 Å². The first-order valence-electron chi connectivity index (χ1n) is 6.45. The van der Waals surface area contributed by atoms with Crippen LogP contribution in [0.25, 0.3) is 0 Å². The maximum Gasteiger partial charge on any atom is 0.241 e. The zero-order valence-corrected chi connectivity index (χ0v) is 11.3. The maximum absolute atomic E-state index is 12.2. The number of amides is 1. The third-order valence-electron chi connectivity index (χ3n) is 2.97. The van der Waals surface area contributed by atoms with Crippen molar-refractivity contribution in [2.75, 3.05) is 6.54 Å². The highest BCUT2D eigenvalue weighted by molar-refractivity contribution is 5.84. The molecule has 0 aromatic heterocycles. The van der Waals surface area contributed by atoms with Crippen molar-refractivity contribution in [3.8, 4) is 0 Å². The van der Waals surface area contributed by atoms with Crippen LogP contribution in [-0.2, 0) is 4.79 Å². The Kier molecular flexibility index (Phi) is 4.36. The summed E-state index contributed by atoms with van der Waals surface area (Å²) in [6.07, 6.45) is 3.31. The molecule has 1 aliphatic rings. The van der Waals surface area contributed by atoms with Crippen LogP contribution in [0.2, 0.25) is 0 Å². The van der Waals surface area contributed by atoms with Gasteiger partial charge in [-0.25, -0.2) is 0 Å². The number of hydrogen-bond acceptors (Lipinski definition) is 2. The van der Waals surface area contributed by atoms with Crippen molar-refractivity contribution >= 4 is 5.91 Å². The Morgan fingerprint density at radius 3 is 2.38 bits per heavy atom. The second-order valence-corrected chi connectivity index (χ2v) is 5.96. The molecule has 94 valence electrons. The van der Waals surface area contributed by atoms with Crippen molar-refractivity contribution in [1.82, 2.24) is 10.2 Å². The lowest BCUT2D eigenvalue weighted by atomic mass is 9.95. The second-order valence-electron chi connectivity index (χ2n) is 5.96. The number of nitrogens with zero attached hydrogens (tertiary/aromatic N) is 1. The molecule has 0 aromatic rings. The van der Waals surface area contributed by atoms with Gasteiger partial charge >= 0.3 is 0 Å². The summed E-state index contributed by atoms with van der Waals surface area (Å²) < 4.78 is 0. The van der Waals surface area contributed by atoms with Gasteiger partial charge in [0.1, 0.15) is 0 Å². The Hall–Kier alpha value is -0.570. The van der Waals surface area contributed by atoms with Gasteiger partial charge in [-0.15, -0.1) is 0 Å². The van der Waals surface area contributed by atoms with E-state index in [4.69, 9.17) is 0 Å². The zero-order valence-electron chi connectivity index (χ0n) is 11.3. The van der Waals surface area contributed by atoms with Crippen LogP contribution in [0.1, 0.15) is 53.9 Å². The van der Waals surface area contributed by atoms with Crippen molar-refractivity contribution < 1.29 is 4.79 Å². The molecule has 3 heteroatoms.